The van der Waals surface area contributed by atoms with E-state index in [1.165, 1.54) is 0 Å². The Hall–Kier alpha value is -3.68. The van der Waals surface area contributed by atoms with Gasteiger partial charge in [0.05, 0.1) is 18.4 Å². The minimum atomic E-state index is -0.0840. The Morgan fingerprint density at radius 2 is 1.93 bits per heavy atom. The van der Waals surface area contributed by atoms with Crippen LogP contribution in [0, 0.1) is 13.8 Å². The SMILES string of the molecule is Cc1noc(C)c1CCC(=O)Nc1ccccc1Cc1nc(-c2ccco2)no1. The predicted molar refractivity (Wildman–Crippen MR) is 104 cm³/mol. The number of hydrogen-bond acceptors (Lipinski definition) is 7. The summed E-state index contributed by atoms with van der Waals surface area (Å²) in [5.74, 6) is 2.04. The molecule has 1 aromatic carbocycles. The van der Waals surface area contributed by atoms with Crippen molar-refractivity contribution >= 4 is 11.6 Å². The zero-order valence-corrected chi connectivity index (χ0v) is 16.1. The Bertz CT molecular complexity index is 1090. The van der Waals surface area contributed by atoms with Gasteiger partial charge in [-0.2, -0.15) is 4.98 Å². The molecule has 0 atom stereocenters. The maximum absolute atomic E-state index is 12.5. The first-order valence-corrected chi connectivity index (χ1v) is 9.26. The lowest BCUT2D eigenvalue weighted by Crippen LogP contribution is -2.14. The third-order valence-corrected chi connectivity index (χ3v) is 4.63. The third-order valence-electron chi connectivity index (χ3n) is 4.63. The van der Waals surface area contributed by atoms with Crippen molar-refractivity contribution in [2.45, 2.75) is 33.1 Å². The number of amides is 1. The van der Waals surface area contributed by atoms with Gasteiger partial charge in [0.25, 0.3) is 0 Å². The number of furan rings is 1. The molecule has 8 heteroatoms. The van der Waals surface area contributed by atoms with Gasteiger partial charge in [0.2, 0.25) is 17.6 Å². The molecule has 0 bridgehead atoms. The molecule has 0 aliphatic heterocycles. The maximum Gasteiger partial charge on any atom is 0.238 e. The Balaban J connectivity index is 1.42. The van der Waals surface area contributed by atoms with Gasteiger partial charge in [-0.3, -0.25) is 4.79 Å². The van der Waals surface area contributed by atoms with Crippen molar-refractivity contribution in [3.05, 3.63) is 71.1 Å². The summed E-state index contributed by atoms with van der Waals surface area (Å²) in [4.78, 5) is 16.8. The Kier molecular flexibility index (Phi) is 5.24. The molecule has 1 N–H and O–H groups in total. The molecule has 0 unspecified atom stereocenters. The molecule has 8 nitrogen and oxygen atoms in total. The molecular weight excluding hydrogens is 372 g/mol. The van der Waals surface area contributed by atoms with Crippen LogP contribution in [0.2, 0.25) is 0 Å². The molecular formula is C21H20N4O4. The van der Waals surface area contributed by atoms with Crippen LogP contribution in [0.1, 0.15) is 34.9 Å². The van der Waals surface area contributed by atoms with Crippen LogP contribution in [0.25, 0.3) is 11.6 Å². The van der Waals surface area contributed by atoms with Crippen LogP contribution in [-0.2, 0) is 17.6 Å². The number of nitrogens with zero attached hydrogens (tertiary/aromatic N) is 3. The van der Waals surface area contributed by atoms with Gasteiger partial charge in [-0.15, -0.1) is 0 Å². The lowest BCUT2D eigenvalue weighted by molar-refractivity contribution is -0.116. The molecule has 0 aliphatic rings. The van der Waals surface area contributed by atoms with E-state index in [2.05, 4.69) is 20.6 Å². The second-order valence-corrected chi connectivity index (χ2v) is 6.67. The summed E-state index contributed by atoms with van der Waals surface area (Å²) in [5.41, 5.74) is 3.39. The van der Waals surface area contributed by atoms with Crippen molar-refractivity contribution < 1.29 is 18.3 Å². The minimum Gasteiger partial charge on any atom is -0.461 e. The van der Waals surface area contributed by atoms with Gasteiger partial charge in [0, 0.05) is 17.7 Å². The number of benzene rings is 1. The molecule has 3 aromatic heterocycles. The molecule has 148 valence electrons. The van der Waals surface area contributed by atoms with Crippen LogP contribution in [-0.4, -0.2) is 21.2 Å². The topological polar surface area (TPSA) is 107 Å². The summed E-state index contributed by atoms with van der Waals surface area (Å²) in [6.45, 7) is 3.73. The van der Waals surface area contributed by atoms with Crippen molar-refractivity contribution in [2.24, 2.45) is 0 Å². The quantitative estimate of drug-likeness (QED) is 0.504. The van der Waals surface area contributed by atoms with E-state index < -0.39 is 0 Å². The van der Waals surface area contributed by atoms with E-state index in [9.17, 15) is 4.79 Å². The fraction of sp³-hybridized carbons (Fsp3) is 0.238. The van der Waals surface area contributed by atoms with Crippen molar-refractivity contribution in [1.29, 1.82) is 0 Å². The van der Waals surface area contributed by atoms with Crippen molar-refractivity contribution in [3.63, 3.8) is 0 Å². The number of carbonyl (C=O) groups excluding carboxylic acids is 1. The average molecular weight is 392 g/mol. The van der Waals surface area contributed by atoms with Gasteiger partial charge in [-0.1, -0.05) is 28.5 Å². The van der Waals surface area contributed by atoms with Gasteiger partial charge in [0.1, 0.15) is 5.76 Å². The van der Waals surface area contributed by atoms with Crippen LogP contribution in [0.3, 0.4) is 0 Å². The monoisotopic (exact) mass is 392 g/mol. The molecule has 0 aliphatic carbocycles. The number of hydrogen-bond donors (Lipinski definition) is 1. The number of rotatable bonds is 7. The Labute approximate surface area is 166 Å². The van der Waals surface area contributed by atoms with E-state index in [0.29, 0.717) is 42.4 Å². The summed E-state index contributed by atoms with van der Waals surface area (Å²) in [6.07, 6.45) is 2.86. The highest BCUT2D eigenvalue weighted by molar-refractivity contribution is 5.91. The van der Waals surface area contributed by atoms with Gasteiger partial charge in [0.15, 0.2) is 5.76 Å². The number of aryl methyl sites for hydroxylation is 2. The Morgan fingerprint density at radius 1 is 1.07 bits per heavy atom. The maximum atomic E-state index is 12.5. The van der Waals surface area contributed by atoms with E-state index in [0.717, 1.165) is 22.6 Å². The normalized spacial score (nSPS) is 11.0. The van der Waals surface area contributed by atoms with Crippen molar-refractivity contribution in [3.8, 4) is 11.6 Å². The first kappa shape index (κ1) is 18.7. The highest BCUT2D eigenvalue weighted by Gasteiger charge is 2.15. The largest absolute Gasteiger partial charge is 0.461 e. The number of nitrogens with one attached hydrogen (secondary N) is 1. The number of para-hydroxylation sites is 1. The molecule has 4 rings (SSSR count). The average Bonchev–Trinajstić information content (AvgIpc) is 3.44. The van der Waals surface area contributed by atoms with Gasteiger partial charge in [-0.05, 0) is 44.0 Å². The van der Waals surface area contributed by atoms with Crippen LogP contribution in [0.4, 0.5) is 5.69 Å². The van der Waals surface area contributed by atoms with E-state index >= 15 is 0 Å². The van der Waals surface area contributed by atoms with E-state index in [-0.39, 0.29) is 5.91 Å². The molecule has 29 heavy (non-hydrogen) atoms. The summed E-state index contributed by atoms with van der Waals surface area (Å²) in [5, 5.41) is 10.8. The molecule has 3 heterocycles. The van der Waals surface area contributed by atoms with Gasteiger partial charge >= 0.3 is 0 Å². The number of anilines is 1. The highest BCUT2D eigenvalue weighted by Crippen LogP contribution is 2.22. The first-order chi connectivity index (χ1) is 14.1. The molecule has 0 saturated heterocycles. The molecule has 4 aromatic rings. The van der Waals surface area contributed by atoms with Gasteiger partial charge in [-0.25, -0.2) is 0 Å². The molecule has 1 amide bonds. The molecule has 0 radical (unpaired) electrons. The summed E-state index contributed by atoms with van der Waals surface area (Å²) in [7, 11) is 0. The van der Waals surface area contributed by atoms with E-state index in [4.69, 9.17) is 13.5 Å². The molecule has 0 fully saturated rings. The first-order valence-electron chi connectivity index (χ1n) is 9.26. The van der Waals surface area contributed by atoms with Crippen molar-refractivity contribution in [1.82, 2.24) is 15.3 Å². The fourth-order valence-electron chi connectivity index (χ4n) is 3.10. The summed E-state index contributed by atoms with van der Waals surface area (Å²) < 4.78 is 15.8. The molecule has 0 saturated carbocycles. The Morgan fingerprint density at radius 3 is 2.69 bits per heavy atom. The van der Waals surface area contributed by atoms with Crippen LogP contribution >= 0.6 is 0 Å². The van der Waals surface area contributed by atoms with Crippen LogP contribution < -0.4 is 5.32 Å². The zero-order valence-electron chi connectivity index (χ0n) is 16.1. The third kappa shape index (κ3) is 4.26. The smallest absolute Gasteiger partial charge is 0.238 e. The summed E-state index contributed by atoms with van der Waals surface area (Å²) >= 11 is 0. The van der Waals surface area contributed by atoms with E-state index in [1.807, 2.05) is 38.1 Å². The zero-order chi connectivity index (χ0) is 20.2. The standard InChI is InChI=1S/C21H20N4O4/c1-13-16(14(2)28-24-13)9-10-19(26)22-17-7-4-3-6-15(17)12-20-23-21(25-29-20)18-8-5-11-27-18/h3-8,11H,9-10,12H2,1-2H3,(H,22,26). The van der Waals surface area contributed by atoms with Gasteiger partial charge < -0.3 is 18.8 Å². The fourth-order valence-corrected chi connectivity index (χ4v) is 3.10. The van der Waals surface area contributed by atoms with Crippen LogP contribution in [0.5, 0.6) is 0 Å². The predicted octanol–water partition coefficient (Wildman–Crippen LogP) is 4.10. The van der Waals surface area contributed by atoms with Crippen molar-refractivity contribution in [2.75, 3.05) is 5.32 Å². The lowest BCUT2D eigenvalue weighted by Gasteiger charge is -2.09. The van der Waals surface area contributed by atoms with Crippen LogP contribution in [0.15, 0.2) is 56.1 Å². The number of carbonyl (C=O) groups is 1. The number of aromatic nitrogens is 3. The second kappa shape index (κ2) is 8.14. The lowest BCUT2D eigenvalue weighted by atomic mass is 10.1. The highest BCUT2D eigenvalue weighted by atomic mass is 16.5. The second-order valence-electron chi connectivity index (χ2n) is 6.67. The van der Waals surface area contributed by atoms with E-state index in [1.54, 1.807) is 18.4 Å². The summed E-state index contributed by atoms with van der Waals surface area (Å²) in [6, 6.07) is 11.1. The minimum absolute atomic E-state index is 0.0840. The molecule has 0 spiro atoms.